The molecule has 1 N–H and O–H groups in total. The van der Waals surface area contributed by atoms with Crippen LogP contribution in [0.5, 0.6) is 5.88 Å². The standard InChI is InChI=1S/C14H15ClN2O/c1-18-14-4-2-3-13(17-14)10-16-12-7-5-11(9-15)6-8-12/h2-8,16H,9-10H2,1H3. The highest BCUT2D eigenvalue weighted by Gasteiger charge is 1.98. The van der Waals surface area contributed by atoms with E-state index in [1.807, 2.05) is 42.5 Å². The van der Waals surface area contributed by atoms with Gasteiger partial charge in [-0.25, -0.2) is 4.98 Å². The van der Waals surface area contributed by atoms with Gasteiger partial charge in [0.1, 0.15) is 0 Å². The van der Waals surface area contributed by atoms with Gasteiger partial charge in [-0.2, -0.15) is 0 Å². The van der Waals surface area contributed by atoms with E-state index in [2.05, 4.69) is 10.3 Å². The first-order chi connectivity index (χ1) is 8.81. The fraction of sp³-hybridized carbons (Fsp3) is 0.214. The van der Waals surface area contributed by atoms with Gasteiger partial charge in [-0.05, 0) is 23.8 Å². The van der Waals surface area contributed by atoms with Crippen LogP contribution in [0, 0.1) is 0 Å². The second kappa shape index (κ2) is 6.26. The summed E-state index contributed by atoms with van der Waals surface area (Å²) in [4.78, 5) is 4.33. The second-order valence-corrected chi connectivity index (χ2v) is 4.12. The quantitative estimate of drug-likeness (QED) is 0.838. The first-order valence-electron chi connectivity index (χ1n) is 5.70. The van der Waals surface area contributed by atoms with Crippen molar-refractivity contribution in [3.63, 3.8) is 0 Å². The molecule has 0 atom stereocenters. The number of aromatic nitrogens is 1. The van der Waals surface area contributed by atoms with Crippen LogP contribution in [0.4, 0.5) is 5.69 Å². The van der Waals surface area contributed by atoms with Gasteiger partial charge in [-0.15, -0.1) is 11.6 Å². The van der Waals surface area contributed by atoms with Crippen molar-refractivity contribution in [2.75, 3.05) is 12.4 Å². The molecule has 2 aromatic rings. The van der Waals surface area contributed by atoms with Crippen LogP contribution in [0.1, 0.15) is 11.3 Å². The van der Waals surface area contributed by atoms with Crippen molar-refractivity contribution < 1.29 is 4.74 Å². The molecule has 0 aliphatic heterocycles. The number of hydrogen-bond acceptors (Lipinski definition) is 3. The molecule has 0 saturated carbocycles. The molecule has 1 aromatic heterocycles. The van der Waals surface area contributed by atoms with E-state index in [-0.39, 0.29) is 0 Å². The summed E-state index contributed by atoms with van der Waals surface area (Å²) < 4.78 is 5.08. The Balaban J connectivity index is 1.97. The maximum absolute atomic E-state index is 5.74. The lowest BCUT2D eigenvalue weighted by atomic mass is 10.2. The summed E-state index contributed by atoms with van der Waals surface area (Å²) in [5.41, 5.74) is 3.10. The second-order valence-electron chi connectivity index (χ2n) is 3.86. The summed E-state index contributed by atoms with van der Waals surface area (Å²) in [5.74, 6) is 1.17. The van der Waals surface area contributed by atoms with Crippen LogP contribution in [0.25, 0.3) is 0 Å². The van der Waals surface area contributed by atoms with Crippen molar-refractivity contribution in [2.24, 2.45) is 0 Å². The van der Waals surface area contributed by atoms with E-state index >= 15 is 0 Å². The Morgan fingerprint density at radius 3 is 2.61 bits per heavy atom. The number of nitrogens with one attached hydrogen (secondary N) is 1. The minimum atomic E-state index is 0.539. The van der Waals surface area contributed by atoms with Gasteiger partial charge in [-0.1, -0.05) is 18.2 Å². The van der Waals surface area contributed by atoms with Crippen molar-refractivity contribution in [3.8, 4) is 5.88 Å². The monoisotopic (exact) mass is 262 g/mol. The number of benzene rings is 1. The summed E-state index contributed by atoms with van der Waals surface area (Å²) in [7, 11) is 1.62. The normalized spacial score (nSPS) is 10.1. The molecule has 1 aromatic carbocycles. The van der Waals surface area contributed by atoms with Gasteiger partial charge in [0.25, 0.3) is 0 Å². The molecule has 1 heterocycles. The predicted molar refractivity (Wildman–Crippen MR) is 74.1 cm³/mol. The lowest BCUT2D eigenvalue weighted by Gasteiger charge is -2.07. The third-order valence-electron chi connectivity index (χ3n) is 2.57. The first-order valence-corrected chi connectivity index (χ1v) is 6.24. The smallest absolute Gasteiger partial charge is 0.213 e. The van der Waals surface area contributed by atoms with Gasteiger partial charge in [0.2, 0.25) is 5.88 Å². The lowest BCUT2D eigenvalue weighted by Crippen LogP contribution is -2.02. The van der Waals surface area contributed by atoms with Crippen LogP contribution in [0.2, 0.25) is 0 Å². The highest BCUT2D eigenvalue weighted by atomic mass is 35.5. The Kier molecular flexibility index (Phi) is 4.42. The minimum Gasteiger partial charge on any atom is -0.481 e. The van der Waals surface area contributed by atoms with Crippen LogP contribution in [0.15, 0.2) is 42.5 Å². The molecule has 0 radical (unpaired) electrons. The molecular formula is C14H15ClN2O. The van der Waals surface area contributed by atoms with Crippen molar-refractivity contribution in [1.29, 1.82) is 0 Å². The highest BCUT2D eigenvalue weighted by Crippen LogP contribution is 2.13. The molecule has 4 heteroatoms. The zero-order valence-electron chi connectivity index (χ0n) is 10.2. The SMILES string of the molecule is COc1cccc(CNc2ccc(CCl)cc2)n1. The van der Waals surface area contributed by atoms with Crippen LogP contribution >= 0.6 is 11.6 Å². The molecule has 18 heavy (non-hydrogen) atoms. The summed E-state index contributed by atoms with van der Waals surface area (Å²) in [6.45, 7) is 0.664. The average Bonchev–Trinajstić information content (AvgIpc) is 2.46. The molecule has 0 saturated heterocycles. The number of pyridine rings is 1. The Hall–Kier alpha value is -1.74. The van der Waals surface area contributed by atoms with E-state index in [9.17, 15) is 0 Å². The fourth-order valence-electron chi connectivity index (χ4n) is 1.57. The number of ether oxygens (including phenoxy) is 1. The van der Waals surface area contributed by atoms with E-state index in [0.29, 0.717) is 18.3 Å². The average molecular weight is 263 g/mol. The Morgan fingerprint density at radius 1 is 1.17 bits per heavy atom. The molecule has 3 nitrogen and oxygen atoms in total. The maximum Gasteiger partial charge on any atom is 0.213 e. The number of rotatable bonds is 5. The first kappa shape index (κ1) is 12.7. The van der Waals surface area contributed by atoms with E-state index < -0.39 is 0 Å². The number of hydrogen-bond donors (Lipinski definition) is 1. The van der Waals surface area contributed by atoms with Crippen molar-refractivity contribution in [1.82, 2.24) is 4.98 Å². The molecular weight excluding hydrogens is 248 g/mol. The Labute approximate surface area is 112 Å². The topological polar surface area (TPSA) is 34.1 Å². The predicted octanol–water partition coefficient (Wildman–Crippen LogP) is 3.44. The van der Waals surface area contributed by atoms with Gasteiger partial charge >= 0.3 is 0 Å². The molecule has 0 amide bonds. The Morgan fingerprint density at radius 2 is 1.94 bits per heavy atom. The van der Waals surface area contributed by atoms with E-state index in [1.165, 1.54) is 0 Å². The van der Waals surface area contributed by atoms with Crippen LogP contribution in [0.3, 0.4) is 0 Å². The Bertz CT molecular complexity index is 499. The zero-order chi connectivity index (χ0) is 12.8. The third-order valence-corrected chi connectivity index (χ3v) is 2.88. The number of nitrogens with zero attached hydrogens (tertiary/aromatic N) is 1. The number of anilines is 1. The zero-order valence-corrected chi connectivity index (χ0v) is 10.9. The maximum atomic E-state index is 5.74. The van der Waals surface area contributed by atoms with Crippen LogP contribution in [-0.2, 0) is 12.4 Å². The number of alkyl halides is 1. The fourth-order valence-corrected chi connectivity index (χ4v) is 1.75. The highest BCUT2D eigenvalue weighted by molar-refractivity contribution is 6.17. The number of halogens is 1. The van der Waals surface area contributed by atoms with E-state index in [4.69, 9.17) is 16.3 Å². The van der Waals surface area contributed by atoms with Gasteiger partial charge in [-0.3, -0.25) is 0 Å². The van der Waals surface area contributed by atoms with Crippen molar-refractivity contribution in [2.45, 2.75) is 12.4 Å². The van der Waals surface area contributed by atoms with Gasteiger partial charge in [0.05, 0.1) is 19.3 Å². The van der Waals surface area contributed by atoms with Crippen LogP contribution in [-0.4, -0.2) is 12.1 Å². The van der Waals surface area contributed by atoms with E-state index in [1.54, 1.807) is 7.11 Å². The van der Waals surface area contributed by atoms with Crippen molar-refractivity contribution >= 4 is 17.3 Å². The largest absolute Gasteiger partial charge is 0.481 e. The summed E-state index contributed by atoms with van der Waals surface area (Å²) in [6.07, 6.45) is 0. The van der Waals surface area contributed by atoms with Crippen molar-refractivity contribution in [3.05, 3.63) is 53.7 Å². The molecule has 2 rings (SSSR count). The van der Waals surface area contributed by atoms with Gasteiger partial charge in [0.15, 0.2) is 0 Å². The van der Waals surface area contributed by atoms with Gasteiger partial charge < -0.3 is 10.1 Å². The molecule has 0 unspecified atom stereocenters. The third kappa shape index (κ3) is 3.37. The number of methoxy groups -OCH3 is 1. The molecule has 94 valence electrons. The lowest BCUT2D eigenvalue weighted by molar-refractivity contribution is 0.396. The summed E-state index contributed by atoms with van der Waals surface area (Å²) >= 11 is 5.74. The molecule has 0 spiro atoms. The minimum absolute atomic E-state index is 0.539. The molecule has 0 bridgehead atoms. The molecule has 0 aliphatic rings. The van der Waals surface area contributed by atoms with Crippen LogP contribution < -0.4 is 10.1 Å². The molecule has 0 fully saturated rings. The van der Waals surface area contributed by atoms with Gasteiger partial charge in [0, 0.05) is 17.6 Å². The summed E-state index contributed by atoms with van der Waals surface area (Å²) in [5, 5.41) is 3.30. The summed E-state index contributed by atoms with van der Waals surface area (Å²) in [6, 6.07) is 13.8. The van der Waals surface area contributed by atoms with E-state index in [0.717, 1.165) is 16.9 Å². The molecule has 0 aliphatic carbocycles.